The van der Waals surface area contributed by atoms with E-state index in [4.69, 9.17) is 9.05 Å². The number of rotatable bonds is 16. The molecule has 0 aliphatic heterocycles. The number of hydrogen-bond acceptors (Lipinski definition) is 3. The quantitative estimate of drug-likeness (QED) is 0.139. The fourth-order valence-corrected chi connectivity index (χ4v) is 6.36. The second-order valence-electron chi connectivity index (χ2n) is 9.02. The Morgan fingerprint density at radius 3 is 1.18 bits per heavy atom. The molecular formula is C28H41Br2O3P. The van der Waals surface area contributed by atoms with Gasteiger partial charge in [-0.25, -0.2) is 0 Å². The monoisotopic (exact) mass is 614 g/mol. The van der Waals surface area contributed by atoms with Gasteiger partial charge in [0.15, 0.2) is 0 Å². The molecule has 0 aliphatic carbocycles. The molecule has 2 aromatic carbocycles. The van der Waals surface area contributed by atoms with Crippen LogP contribution in [0.1, 0.15) is 75.6 Å². The summed E-state index contributed by atoms with van der Waals surface area (Å²) < 4.78 is 25.7. The average molecular weight is 616 g/mol. The molecule has 2 unspecified atom stereocenters. The van der Waals surface area contributed by atoms with Crippen molar-refractivity contribution in [2.75, 3.05) is 0 Å². The smallest absolute Gasteiger partial charge is 0.307 e. The van der Waals surface area contributed by atoms with E-state index >= 15 is 0 Å². The van der Waals surface area contributed by atoms with Crippen LogP contribution in [0.25, 0.3) is 0 Å². The van der Waals surface area contributed by atoms with Crippen LogP contribution in [0.2, 0.25) is 0 Å². The molecule has 6 heteroatoms. The highest BCUT2D eigenvalue weighted by Crippen LogP contribution is 2.37. The second kappa shape index (κ2) is 16.3. The van der Waals surface area contributed by atoms with E-state index in [2.05, 4.69) is 108 Å². The molecule has 2 aromatic rings. The maximum atomic E-state index is 13.2. The molecule has 0 N–H and O–H groups in total. The van der Waals surface area contributed by atoms with Crippen molar-refractivity contribution in [2.24, 2.45) is 11.8 Å². The largest absolute Gasteiger partial charge is 0.319 e. The van der Waals surface area contributed by atoms with Crippen molar-refractivity contribution in [1.82, 2.24) is 0 Å². The summed E-state index contributed by atoms with van der Waals surface area (Å²) in [6, 6.07) is 17.1. The fraction of sp³-hybridized carbons (Fsp3) is 0.571. The first-order valence-corrected chi connectivity index (χ1v) is 16.1. The standard InChI is InChI=1S/C28H41Br2O3P/c1-5-25(6-2)27(17-21-9-13-23(19-29)14-10-21)32-34(31)33-28(26(7-3)8-4)18-22-11-15-24(20-30)16-12-22/h9-16,25-28,34H,5-8,17-20H2,1-4H3. The summed E-state index contributed by atoms with van der Waals surface area (Å²) in [4.78, 5) is 0. The van der Waals surface area contributed by atoms with Crippen LogP contribution in [0, 0.1) is 11.8 Å². The number of hydrogen-bond donors (Lipinski definition) is 0. The van der Waals surface area contributed by atoms with Crippen molar-refractivity contribution in [3.8, 4) is 0 Å². The lowest BCUT2D eigenvalue weighted by Gasteiger charge is -2.29. The molecule has 0 amide bonds. The average Bonchev–Trinajstić information content (AvgIpc) is 2.86. The van der Waals surface area contributed by atoms with Crippen LogP contribution < -0.4 is 0 Å². The van der Waals surface area contributed by atoms with E-state index in [1.54, 1.807) is 0 Å². The van der Waals surface area contributed by atoms with Crippen molar-refractivity contribution >= 4 is 40.1 Å². The van der Waals surface area contributed by atoms with Gasteiger partial charge in [0.05, 0.1) is 12.2 Å². The normalized spacial score (nSPS) is 14.5. The van der Waals surface area contributed by atoms with Crippen LogP contribution in [0.15, 0.2) is 48.5 Å². The van der Waals surface area contributed by atoms with Gasteiger partial charge in [-0.15, -0.1) is 0 Å². The Morgan fingerprint density at radius 1 is 0.618 bits per heavy atom. The zero-order valence-electron chi connectivity index (χ0n) is 21.1. The summed E-state index contributed by atoms with van der Waals surface area (Å²) >= 11 is 7.02. The Kier molecular flexibility index (Phi) is 14.3. The molecule has 190 valence electrons. The molecular weight excluding hydrogens is 575 g/mol. The van der Waals surface area contributed by atoms with Gasteiger partial charge >= 0.3 is 8.25 Å². The van der Waals surface area contributed by atoms with Gasteiger partial charge in [-0.3, -0.25) is 4.57 Å². The molecule has 3 nitrogen and oxygen atoms in total. The van der Waals surface area contributed by atoms with Crippen molar-refractivity contribution in [1.29, 1.82) is 0 Å². The summed E-state index contributed by atoms with van der Waals surface area (Å²) in [5, 5.41) is 1.69. The zero-order valence-corrected chi connectivity index (χ0v) is 25.2. The van der Waals surface area contributed by atoms with Gasteiger partial charge in [0, 0.05) is 10.7 Å². The zero-order chi connectivity index (χ0) is 24.9. The third kappa shape index (κ3) is 9.54. The van der Waals surface area contributed by atoms with Crippen LogP contribution in [-0.4, -0.2) is 12.2 Å². The molecule has 2 atom stereocenters. The lowest BCUT2D eigenvalue weighted by atomic mass is 9.92. The molecule has 0 spiro atoms. The lowest BCUT2D eigenvalue weighted by molar-refractivity contribution is 0.0695. The highest BCUT2D eigenvalue weighted by atomic mass is 79.9. The molecule has 0 aromatic heterocycles. The molecule has 0 bridgehead atoms. The van der Waals surface area contributed by atoms with Gasteiger partial charge in [0.25, 0.3) is 0 Å². The molecule has 0 aliphatic rings. The third-order valence-corrected chi connectivity index (χ3v) is 9.16. The number of halogens is 2. The molecule has 0 saturated heterocycles. The van der Waals surface area contributed by atoms with Crippen LogP contribution in [0.5, 0.6) is 0 Å². The summed E-state index contributed by atoms with van der Waals surface area (Å²) in [7, 11) is -2.64. The van der Waals surface area contributed by atoms with Crippen LogP contribution >= 0.6 is 40.1 Å². The second-order valence-corrected chi connectivity index (χ2v) is 11.1. The number of alkyl halides is 2. The minimum Gasteiger partial charge on any atom is -0.307 e. The minimum atomic E-state index is -2.64. The minimum absolute atomic E-state index is 0.114. The molecule has 0 fully saturated rings. The van der Waals surface area contributed by atoms with Gasteiger partial charge in [-0.05, 0) is 46.9 Å². The first kappa shape index (κ1) is 29.8. The van der Waals surface area contributed by atoms with Gasteiger partial charge in [-0.1, -0.05) is 134 Å². The third-order valence-electron chi connectivity index (χ3n) is 6.87. The predicted octanol–water partition coefficient (Wildman–Crippen LogP) is 9.29. The SMILES string of the molecule is CCC(CC)C(Cc1ccc(CBr)cc1)O[PH](=O)OC(Cc1ccc(CBr)cc1)C(CC)CC. The van der Waals surface area contributed by atoms with E-state index in [1.165, 1.54) is 22.3 Å². The van der Waals surface area contributed by atoms with E-state index in [9.17, 15) is 4.57 Å². The Balaban J connectivity index is 2.13. The maximum absolute atomic E-state index is 13.2. The van der Waals surface area contributed by atoms with Crippen molar-refractivity contribution in [2.45, 2.75) is 89.1 Å². The fourth-order valence-electron chi connectivity index (χ4n) is 4.51. The van der Waals surface area contributed by atoms with Crippen molar-refractivity contribution < 1.29 is 13.6 Å². The van der Waals surface area contributed by atoms with Crippen molar-refractivity contribution in [3.05, 3.63) is 70.8 Å². The predicted molar refractivity (Wildman–Crippen MR) is 152 cm³/mol. The van der Waals surface area contributed by atoms with Gasteiger partial charge < -0.3 is 9.05 Å². The molecule has 2 rings (SSSR count). The van der Waals surface area contributed by atoms with E-state index in [0.29, 0.717) is 11.8 Å². The first-order valence-electron chi connectivity index (χ1n) is 12.6. The molecule has 0 saturated carbocycles. The summed E-state index contributed by atoms with van der Waals surface area (Å²) in [6.45, 7) is 8.72. The van der Waals surface area contributed by atoms with Gasteiger partial charge in [0.2, 0.25) is 0 Å². The Morgan fingerprint density at radius 2 is 0.912 bits per heavy atom. The molecule has 0 radical (unpaired) electrons. The molecule has 34 heavy (non-hydrogen) atoms. The van der Waals surface area contributed by atoms with E-state index in [-0.39, 0.29) is 12.2 Å². The summed E-state index contributed by atoms with van der Waals surface area (Å²) in [6.07, 6.45) is 5.24. The van der Waals surface area contributed by atoms with Crippen LogP contribution in [-0.2, 0) is 37.1 Å². The van der Waals surface area contributed by atoms with Crippen LogP contribution in [0.4, 0.5) is 0 Å². The van der Waals surface area contributed by atoms with Crippen molar-refractivity contribution in [3.63, 3.8) is 0 Å². The molecule has 0 heterocycles. The summed E-state index contributed by atoms with van der Waals surface area (Å²) in [5.41, 5.74) is 4.91. The van der Waals surface area contributed by atoms with Gasteiger partial charge in [0.1, 0.15) is 0 Å². The maximum Gasteiger partial charge on any atom is 0.319 e. The van der Waals surface area contributed by atoms with Gasteiger partial charge in [-0.2, -0.15) is 0 Å². The van der Waals surface area contributed by atoms with E-state index in [0.717, 1.165) is 49.2 Å². The lowest BCUT2D eigenvalue weighted by Crippen LogP contribution is -2.27. The highest BCUT2D eigenvalue weighted by molar-refractivity contribution is 9.08. The highest BCUT2D eigenvalue weighted by Gasteiger charge is 2.26. The first-order chi connectivity index (χ1) is 16.5. The number of benzene rings is 2. The Hall–Kier alpha value is -0.450. The van der Waals surface area contributed by atoms with Crippen LogP contribution in [0.3, 0.4) is 0 Å². The van der Waals surface area contributed by atoms with E-state index in [1.807, 2.05) is 0 Å². The van der Waals surface area contributed by atoms with E-state index < -0.39 is 8.25 Å². The Bertz CT molecular complexity index is 764. The topological polar surface area (TPSA) is 35.5 Å². The Labute approximate surface area is 224 Å². The summed E-state index contributed by atoms with van der Waals surface area (Å²) in [5.74, 6) is 0.689.